The van der Waals surface area contributed by atoms with Crippen LogP contribution in [0.2, 0.25) is 0 Å². The first kappa shape index (κ1) is 10.5. The van der Waals surface area contributed by atoms with Gasteiger partial charge in [-0.3, -0.25) is 0 Å². The van der Waals surface area contributed by atoms with E-state index in [-0.39, 0.29) is 6.61 Å². The zero-order valence-corrected chi connectivity index (χ0v) is 8.75. The van der Waals surface area contributed by atoms with Gasteiger partial charge in [-0.05, 0) is 24.2 Å². The summed E-state index contributed by atoms with van der Waals surface area (Å²) in [5, 5.41) is 3.68. The molecule has 0 radical (unpaired) electrons. The van der Waals surface area contributed by atoms with Crippen LogP contribution in [0.25, 0.3) is 0 Å². The Bertz CT molecular complexity index is 402. The normalized spacial score (nSPS) is 18.3. The molecule has 84 valence electrons. The highest BCUT2D eigenvalue weighted by Gasteiger charge is 2.31. The highest BCUT2D eigenvalue weighted by Crippen LogP contribution is 2.14. The van der Waals surface area contributed by atoms with Crippen molar-refractivity contribution in [2.45, 2.75) is 13.2 Å². The van der Waals surface area contributed by atoms with E-state index in [0.29, 0.717) is 5.90 Å². The highest BCUT2D eigenvalue weighted by atomic mass is 16.8. The maximum Gasteiger partial charge on any atom is 0.391 e. The van der Waals surface area contributed by atoms with Gasteiger partial charge in [0.05, 0.1) is 6.61 Å². The van der Waals surface area contributed by atoms with E-state index in [1.165, 1.54) is 0 Å². The molecular formula is C11H11NO4. The first-order chi connectivity index (χ1) is 7.81. The Kier molecular flexibility index (Phi) is 3.05. The number of rotatable bonds is 3. The number of hydrogen-bond donors (Lipinski definition) is 0. The lowest BCUT2D eigenvalue weighted by atomic mass is 10.2. The smallest absolute Gasteiger partial charge is 0.391 e. The Morgan fingerprint density at radius 3 is 2.88 bits per heavy atom. The van der Waals surface area contributed by atoms with Gasteiger partial charge in [-0.15, -0.1) is 0 Å². The summed E-state index contributed by atoms with van der Waals surface area (Å²) in [4.78, 5) is 16.1. The molecule has 0 bridgehead atoms. The van der Waals surface area contributed by atoms with Crippen molar-refractivity contribution in [3.05, 3.63) is 35.9 Å². The molecule has 0 N–H and O–H groups in total. The highest BCUT2D eigenvalue weighted by molar-refractivity contribution is 5.96. The molecule has 0 saturated carbocycles. The summed E-state index contributed by atoms with van der Waals surface area (Å²) >= 11 is 0. The van der Waals surface area contributed by atoms with Crippen molar-refractivity contribution >= 4 is 11.9 Å². The van der Waals surface area contributed by atoms with Crippen LogP contribution in [0.5, 0.6) is 0 Å². The van der Waals surface area contributed by atoms with E-state index in [0.717, 1.165) is 5.56 Å². The minimum atomic E-state index is -1.09. The number of hydrogen-bond acceptors (Lipinski definition) is 5. The van der Waals surface area contributed by atoms with Crippen molar-refractivity contribution in [1.82, 2.24) is 0 Å². The SMILES string of the molecule is CCOC(=O)C1ON=C(c2ccccc2)O1. The summed E-state index contributed by atoms with van der Waals surface area (Å²) in [5.74, 6) is -0.282. The molecule has 1 unspecified atom stereocenters. The number of benzene rings is 1. The molecule has 1 aliphatic heterocycles. The molecule has 1 aliphatic rings. The van der Waals surface area contributed by atoms with Crippen LogP contribution in [0.15, 0.2) is 35.5 Å². The zero-order valence-electron chi connectivity index (χ0n) is 8.75. The Hall–Kier alpha value is -2.04. The predicted molar refractivity (Wildman–Crippen MR) is 55.6 cm³/mol. The fourth-order valence-corrected chi connectivity index (χ4v) is 1.24. The van der Waals surface area contributed by atoms with E-state index in [9.17, 15) is 4.79 Å². The third-order valence-corrected chi connectivity index (χ3v) is 1.95. The number of nitrogens with zero attached hydrogens (tertiary/aromatic N) is 1. The second kappa shape index (κ2) is 4.65. The monoisotopic (exact) mass is 221 g/mol. The van der Waals surface area contributed by atoms with Crippen molar-refractivity contribution in [3.8, 4) is 0 Å². The number of oxime groups is 1. The summed E-state index contributed by atoms with van der Waals surface area (Å²) in [6.07, 6.45) is -1.09. The van der Waals surface area contributed by atoms with Gasteiger partial charge in [0.2, 0.25) is 0 Å². The van der Waals surface area contributed by atoms with Gasteiger partial charge in [0.1, 0.15) is 0 Å². The third kappa shape index (κ3) is 2.13. The molecule has 0 aromatic heterocycles. The van der Waals surface area contributed by atoms with E-state index < -0.39 is 12.3 Å². The standard InChI is InChI=1S/C11H11NO4/c1-2-14-10(13)11-15-9(12-16-11)8-6-4-3-5-7-8/h3-7,11H,2H2,1H3. The van der Waals surface area contributed by atoms with Crippen molar-refractivity contribution in [1.29, 1.82) is 0 Å². The van der Waals surface area contributed by atoms with E-state index in [4.69, 9.17) is 14.3 Å². The maximum absolute atomic E-state index is 11.3. The van der Waals surface area contributed by atoms with Gasteiger partial charge >= 0.3 is 12.3 Å². The minimum Gasteiger partial charge on any atom is -0.460 e. The Morgan fingerprint density at radius 2 is 2.19 bits per heavy atom. The molecule has 0 spiro atoms. The van der Waals surface area contributed by atoms with Crippen LogP contribution in [0.3, 0.4) is 0 Å². The molecule has 0 aliphatic carbocycles. The first-order valence-electron chi connectivity index (χ1n) is 4.94. The summed E-state index contributed by atoms with van der Waals surface area (Å²) in [7, 11) is 0. The van der Waals surface area contributed by atoms with Crippen molar-refractivity contribution in [2.24, 2.45) is 5.16 Å². The maximum atomic E-state index is 11.3. The van der Waals surface area contributed by atoms with Crippen LogP contribution >= 0.6 is 0 Å². The lowest BCUT2D eigenvalue weighted by molar-refractivity contribution is -0.171. The largest absolute Gasteiger partial charge is 0.460 e. The Labute approximate surface area is 92.6 Å². The average molecular weight is 221 g/mol. The van der Waals surface area contributed by atoms with Crippen LogP contribution in [0.1, 0.15) is 12.5 Å². The van der Waals surface area contributed by atoms with Crippen molar-refractivity contribution in [3.63, 3.8) is 0 Å². The molecule has 2 rings (SSSR count). The molecule has 0 saturated heterocycles. The fourth-order valence-electron chi connectivity index (χ4n) is 1.24. The topological polar surface area (TPSA) is 57.1 Å². The van der Waals surface area contributed by atoms with Crippen LogP contribution < -0.4 is 0 Å². The molecule has 1 aromatic rings. The van der Waals surface area contributed by atoms with Gasteiger partial charge in [-0.2, -0.15) is 0 Å². The Morgan fingerprint density at radius 1 is 1.44 bits per heavy atom. The van der Waals surface area contributed by atoms with Gasteiger partial charge in [0.25, 0.3) is 5.90 Å². The predicted octanol–water partition coefficient (Wildman–Crippen LogP) is 1.28. The van der Waals surface area contributed by atoms with Crippen LogP contribution in [0.4, 0.5) is 0 Å². The molecule has 0 amide bonds. The van der Waals surface area contributed by atoms with Gasteiger partial charge in [-0.25, -0.2) is 4.79 Å². The summed E-state index contributed by atoms with van der Waals surface area (Å²) in [5.41, 5.74) is 0.759. The first-order valence-corrected chi connectivity index (χ1v) is 4.94. The van der Waals surface area contributed by atoms with Crippen molar-refractivity contribution in [2.75, 3.05) is 6.61 Å². The lowest BCUT2D eigenvalue weighted by Crippen LogP contribution is -2.25. The summed E-state index contributed by atoms with van der Waals surface area (Å²) < 4.78 is 9.96. The van der Waals surface area contributed by atoms with Crippen LogP contribution in [0, 0.1) is 0 Å². The second-order valence-electron chi connectivity index (χ2n) is 3.07. The van der Waals surface area contributed by atoms with E-state index in [1.807, 2.05) is 30.3 Å². The van der Waals surface area contributed by atoms with E-state index >= 15 is 0 Å². The molecule has 1 atom stereocenters. The molecule has 5 heteroatoms. The van der Waals surface area contributed by atoms with Gasteiger partial charge in [0, 0.05) is 5.56 Å². The fraction of sp³-hybridized carbons (Fsp3) is 0.273. The summed E-state index contributed by atoms with van der Waals surface area (Å²) in [6, 6.07) is 9.20. The molecule has 5 nitrogen and oxygen atoms in total. The van der Waals surface area contributed by atoms with Crippen LogP contribution in [-0.2, 0) is 19.1 Å². The van der Waals surface area contributed by atoms with Gasteiger partial charge in [0.15, 0.2) is 0 Å². The zero-order chi connectivity index (χ0) is 11.4. The molecule has 1 heterocycles. The number of carbonyl (C=O) groups is 1. The van der Waals surface area contributed by atoms with E-state index in [1.54, 1.807) is 6.92 Å². The minimum absolute atomic E-state index is 0.280. The number of esters is 1. The molecular weight excluding hydrogens is 210 g/mol. The molecule has 16 heavy (non-hydrogen) atoms. The molecule has 1 aromatic carbocycles. The number of carbonyl (C=O) groups excluding carboxylic acids is 1. The average Bonchev–Trinajstić information content (AvgIpc) is 2.80. The quantitative estimate of drug-likeness (QED) is 0.721. The van der Waals surface area contributed by atoms with E-state index in [2.05, 4.69) is 5.16 Å². The van der Waals surface area contributed by atoms with Gasteiger partial charge < -0.3 is 14.3 Å². The van der Waals surface area contributed by atoms with Gasteiger partial charge in [-0.1, -0.05) is 18.2 Å². The third-order valence-electron chi connectivity index (χ3n) is 1.95. The van der Waals surface area contributed by atoms with Crippen LogP contribution in [-0.4, -0.2) is 24.8 Å². The van der Waals surface area contributed by atoms with Crippen molar-refractivity contribution < 1.29 is 19.1 Å². The second-order valence-corrected chi connectivity index (χ2v) is 3.07. The molecule has 0 fully saturated rings. The Balaban J connectivity index is 2.00. The lowest BCUT2D eigenvalue weighted by Gasteiger charge is -2.07. The number of ether oxygens (including phenoxy) is 2. The summed E-state index contributed by atoms with van der Waals surface area (Å²) in [6.45, 7) is 1.99.